The van der Waals surface area contributed by atoms with E-state index in [-0.39, 0.29) is 12.3 Å². The SMILES string of the molecule is Cc1n(CC(=O)c2c(Cl)cccc2Cl)cc[n+]1C. The summed E-state index contributed by atoms with van der Waals surface area (Å²) in [6.07, 6.45) is 3.76. The molecule has 0 fully saturated rings. The molecule has 0 saturated carbocycles. The van der Waals surface area contributed by atoms with Gasteiger partial charge in [-0.25, -0.2) is 9.13 Å². The molecule has 0 saturated heterocycles. The molecular formula is C13H13Cl2N2O+. The van der Waals surface area contributed by atoms with Crippen LogP contribution in [0.2, 0.25) is 10.0 Å². The van der Waals surface area contributed by atoms with Crippen LogP contribution in [0.25, 0.3) is 0 Å². The van der Waals surface area contributed by atoms with Crippen LogP contribution in [-0.2, 0) is 13.6 Å². The molecule has 2 aromatic rings. The number of aromatic nitrogens is 2. The van der Waals surface area contributed by atoms with Crippen molar-refractivity contribution in [2.45, 2.75) is 13.5 Å². The summed E-state index contributed by atoms with van der Waals surface area (Å²) < 4.78 is 3.81. The number of halogens is 2. The molecule has 0 unspecified atom stereocenters. The third kappa shape index (κ3) is 2.42. The van der Waals surface area contributed by atoms with Crippen molar-refractivity contribution in [1.29, 1.82) is 0 Å². The van der Waals surface area contributed by atoms with Crippen LogP contribution in [0, 0.1) is 6.92 Å². The van der Waals surface area contributed by atoms with Gasteiger partial charge in [0.05, 0.1) is 22.7 Å². The average Bonchev–Trinajstić information content (AvgIpc) is 2.61. The summed E-state index contributed by atoms with van der Waals surface area (Å²) in [4.78, 5) is 12.2. The number of carbonyl (C=O) groups is 1. The Bertz CT molecular complexity index is 585. The molecule has 1 aromatic heterocycles. The van der Waals surface area contributed by atoms with Crippen LogP contribution >= 0.6 is 23.2 Å². The summed E-state index contributed by atoms with van der Waals surface area (Å²) in [5, 5.41) is 0.781. The van der Waals surface area contributed by atoms with Gasteiger partial charge in [-0.3, -0.25) is 4.79 Å². The van der Waals surface area contributed by atoms with Crippen LogP contribution in [0.3, 0.4) is 0 Å². The molecule has 1 aromatic carbocycles. The van der Waals surface area contributed by atoms with Crippen molar-refractivity contribution in [3.8, 4) is 0 Å². The largest absolute Gasteiger partial charge is 0.290 e. The number of aryl methyl sites for hydroxylation is 1. The van der Waals surface area contributed by atoms with Gasteiger partial charge >= 0.3 is 0 Å². The summed E-state index contributed by atoms with van der Waals surface area (Å²) in [5.41, 5.74) is 0.386. The highest BCUT2D eigenvalue weighted by molar-refractivity contribution is 6.39. The van der Waals surface area contributed by atoms with Crippen LogP contribution in [0.15, 0.2) is 30.6 Å². The Balaban J connectivity index is 2.31. The van der Waals surface area contributed by atoms with Crippen molar-refractivity contribution in [1.82, 2.24) is 4.57 Å². The standard InChI is InChI=1S/C13H13Cl2N2O/c1-9-16(2)6-7-17(9)8-12(18)13-10(14)4-3-5-11(13)15/h3-7H,8H2,1-2H3/q+1. The Morgan fingerprint density at radius 1 is 1.33 bits per heavy atom. The molecule has 0 radical (unpaired) electrons. The Hall–Kier alpha value is -1.32. The van der Waals surface area contributed by atoms with Gasteiger partial charge in [0, 0.05) is 6.92 Å². The lowest BCUT2D eigenvalue weighted by molar-refractivity contribution is -0.677. The maximum Gasteiger partial charge on any atom is 0.253 e. The highest BCUT2D eigenvalue weighted by atomic mass is 35.5. The lowest BCUT2D eigenvalue weighted by atomic mass is 10.1. The van der Waals surface area contributed by atoms with E-state index in [1.54, 1.807) is 18.2 Å². The van der Waals surface area contributed by atoms with Gasteiger partial charge in [0.2, 0.25) is 5.78 Å². The second kappa shape index (κ2) is 5.12. The molecule has 18 heavy (non-hydrogen) atoms. The van der Waals surface area contributed by atoms with E-state index in [1.807, 2.05) is 35.5 Å². The van der Waals surface area contributed by atoms with Crippen molar-refractivity contribution in [3.63, 3.8) is 0 Å². The normalized spacial score (nSPS) is 10.7. The van der Waals surface area contributed by atoms with Crippen molar-refractivity contribution in [2.24, 2.45) is 7.05 Å². The van der Waals surface area contributed by atoms with E-state index in [0.717, 1.165) is 5.82 Å². The zero-order valence-corrected chi connectivity index (χ0v) is 11.7. The van der Waals surface area contributed by atoms with Gasteiger partial charge in [-0.05, 0) is 12.1 Å². The van der Waals surface area contributed by atoms with Gasteiger partial charge < -0.3 is 0 Å². The number of imidazole rings is 1. The molecule has 0 bridgehead atoms. The molecule has 0 aliphatic heterocycles. The van der Waals surface area contributed by atoms with E-state index in [1.165, 1.54) is 0 Å². The van der Waals surface area contributed by atoms with E-state index in [9.17, 15) is 4.79 Å². The number of carbonyl (C=O) groups excluding carboxylic acids is 1. The van der Waals surface area contributed by atoms with Gasteiger partial charge in [0.25, 0.3) is 5.82 Å². The predicted molar refractivity (Wildman–Crippen MR) is 71.1 cm³/mol. The molecule has 3 nitrogen and oxygen atoms in total. The zero-order valence-electron chi connectivity index (χ0n) is 10.2. The summed E-state index contributed by atoms with van der Waals surface area (Å²) in [6, 6.07) is 5.06. The summed E-state index contributed by atoms with van der Waals surface area (Å²) >= 11 is 12.0. The smallest absolute Gasteiger partial charge is 0.253 e. The second-order valence-corrected chi connectivity index (χ2v) is 4.92. The highest BCUT2D eigenvalue weighted by Crippen LogP contribution is 2.25. The van der Waals surface area contributed by atoms with E-state index < -0.39 is 0 Å². The minimum atomic E-state index is -0.0927. The fraction of sp³-hybridized carbons (Fsp3) is 0.231. The number of nitrogens with zero attached hydrogens (tertiary/aromatic N) is 2. The van der Waals surface area contributed by atoms with E-state index in [4.69, 9.17) is 23.2 Å². The van der Waals surface area contributed by atoms with Crippen molar-refractivity contribution in [2.75, 3.05) is 0 Å². The van der Waals surface area contributed by atoms with Crippen molar-refractivity contribution >= 4 is 29.0 Å². The van der Waals surface area contributed by atoms with Crippen LogP contribution < -0.4 is 4.57 Å². The van der Waals surface area contributed by atoms with Gasteiger partial charge in [-0.15, -0.1) is 0 Å². The van der Waals surface area contributed by atoms with Gasteiger partial charge in [-0.1, -0.05) is 29.3 Å². The molecule has 0 N–H and O–H groups in total. The van der Waals surface area contributed by atoms with Crippen molar-refractivity contribution < 1.29 is 9.36 Å². The van der Waals surface area contributed by atoms with Gasteiger partial charge in [-0.2, -0.15) is 0 Å². The summed E-state index contributed by atoms with van der Waals surface area (Å²) in [7, 11) is 1.93. The van der Waals surface area contributed by atoms with Crippen molar-refractivity contribution in [3.05, 3.63) is 52.0 Å². The average molecular weight is 284 g/mol. The molecule has 0 spiro atoms. The molecule has 0 atom stereocenters. The second-order valence-electron chi connectivity index (χ2n) is 4.10. The number of hydrogen-bond donors (Lipinski definition) is 0. The van der Waals surface area contributed by atoms with E-state index in [2.05, 4.69) is 0 Å². The topological polar surface area (TPSA) is 25.9 Å². The number of ketones is 1. The van der Waals surface area contributed by atoms with E-state index in [0.29, 0.717) is 15.6 Å². The monoisotopic (exact) mass is 283 g/mol. The maximum absolute atomic E-state index is 12.2. The highest BCUT2D eigenvalue weighted by Gasteiger charge is 2.19. The Morgan fingerprint density at radius 2 is 1.94 bits per heavy atom. The molecule has 2 rings (SSSR count). The van der Waals surface area contributed by atoms with Gasteiger partial charge in [0.15, 0.2) is 6.54 Å². The number of hydrogen-bond acceptors (Lipinski definition) is 1. The quantitative estimate of drug-likeness (QED) is 0.628. The third-order valence-corrected chi connectivity index (χ3v) is 3.58. The molecule has 1 heterocycles. The fourth-order valence-electron chi connectivity index (χ4n) is 1.76. The lowest BCUT2D eigenvalue weighted by Gasteiger charge is -2.04. The number of Topliss-reactive ketones (excluding diaryl/α,β-unsaturated/α-hetero) is 1. The first-order valence-electron chi connectivity index (χ1n) is 5.49. The van der Waals surface area contributed by atoms with E-state index >= 15 is 0 Å². The Kier molecular flexibility index (Phi) is 3.73. The Labute approximate surface area is 116 Å². The first-order chi connectivity index (χ1) is 8.50. The predicted octanol–water partition coefficient (Wildman–Crippen LogP) is 2.81. The maximum atomic E-state index is 12.2. The molecule has 0 amide bonds. The van der Waals surface area contributed by atoms with Crippen LogP contribution in [0.4, 0.5) is 0 Å². The minimum absolute atomic E-state index is 0.0927. The summed E-state index contributed by atoms with van der Waals surface area (Å²) in [5.74, 6) is 0.899. The Morgan fingerprint density at radius 3 is 2.44 bits per heavy atom. The first-order valence-corrected chi connectivity index (χ1v) is 6.25. The first kappa shape index (κ1) is 13.1. The minimum Gasteiger partial charge on any atom is -0.290 e. The third-order valence-electron chi connectivity index (χ3n) is 2.95. The fourth-order valence-corrected chi connectivity index (χ4v) is 2.37. The molecular weight excluding hydrogens is 271 g/mol. The van der Waals surface area contributed by atoms with Crippen LogP contribution in [0.1, 0.15) is 16.2 Å². The van der Waals surface area contributed by atoms with Crippen LogP contribution in [-0.4, -0.2) is 10.4 Å². The molecule has 5 heteroatoms. The summed E-state index contributed by atoms with van der Waals surface area (Å²) in [6.45, 7) is 2.18. The number of rotatable bonds is 3. The molecule has 0 aliphatic rings. The van der Waals surface area contributed by atoms with Gasteiger partial charge in [0.1, 0.15) is 12.4 Å². The molecule has 94 valence electrons. The number of benzene rings is 1. The zero-order chi connectivity index (χ0) is 13.3. The van der Waals surface area contributed by atoms with Crippen LogP contribution in [0.5, 0.6) is 0 Å². The lowest BCUT2D eigenvalue weighted by Crippen LogP contribution is -2.30. The molecule has 0 aliphatic carbocycles.